The van der Waals surface area contributed by atoms with Gasteiger partial charge in [0.1, 0.15) is 6.61 Å². The molecule has 0 atom stereocenters. The van der Waals surface area contributed by atoms with E-state index in [1.54, 1.807) is 0 Å². The SMILES string of the molecule is CCCCCCCCNCc1cc(Cl)c(OCc2ccccc2Cl)c(OCC)c1. The summed E-state index contributed by atoms with van der Waals surface area (Å²) in [6, 6.07) is 11.6. The molecule has 160 valence electrons. The number of halogens is 2. The number of hydrogen-bond donors (Lipinski definition) is 1. The van der Waals surface area contributed by atoms with Crippen molar-refractivity contribution in [3.05, 3.63) is 57.6 Å². The zero-order valence-corrected chi connectivity index (χ0v) is 19.1. The molecule has 0 bridgehead atoms. The van der Waals surface area contributed by atoms with Crippen LogP contribution in [0.2, 0.25) is 10.0 Å². The van der Waals surface area contributed by atoms with E-state index in [0.717, 1.165) is 24.2 Å². The van der Waals surface area contributed by atoms with Gasteiger partial charge in [-0.3, -0.25) is 0 Å². The number of benzene rings is 2. The zero-order valence-electron chi connectivity index (χ0n) is 17.6. The van der Waals surface area contributed by atoms with Crippen LogP contribution in [-0.4, -0.2) is 13.2 Å². The number of hydrogen-bond acceptors (Lipinski definition) is 3. The van der Waals surface area contributed by atoms with Gasteiger partial charge in [0.25, 0.3) is 0 Å². The molecule has 0 radical (unpaired) electrons. The summed E-state index contributed by atoms with van der Waals surface area (Å²) in [4.78, 5) is 0. The molecule has 0 aliphatic heterocycles. The van der Waals surface area contributed by atoms with Crippen molar-refractivity contribution in [2.24, 2.45) is 0 Å². The van der Waals surface area contributed by atoms with Crippen LogP contribution in [0.3, 0.4) is 0 Å². The van der Waals surface area contributed by atoms with E-state index in [9.17, 15) is 0 Å². The lowest BCUT2D eigenvalue weighted by atomic mass is 10.1. The summed E-state index contributed by atoms with van der Waals surface area (Å²) in [7, 11) is 0. The molecule has 0 spiro atoms. The molecule has 1 N–H and O–H groups in total. The van der Waals surface area contributed by atoms with Crippen molar-refractivity contribution >= 4 is 23.2 Å². The van der Waals surface area contributed by atoms with Gasteiger partial charge < -0.3 is 14.8 Å². The third kappa shape index (κ3) is 8.46. The van der Waals surface area contributed by atoms with E-state index >= 15 is 0 Å². The molecule has 2 rings (SSSR count). The standard InChI is InChI=1S/C24H33Cl2NO2/c1-3-5-6-7-8-11-14-27-17-19-15-22(26)24(23(16-19)28-4-2)29-18-20-12-9-10-13-21(20)25/h9-10,12-13,15-16,27H,3-8,11,14,17-18H2,1-2H3. The smallest absolute Gasteiger partial charge is 0.180 e. The summed E-state index contributed by atoms with van der Waals surface area (Å²) in [6.45, 7) is 6.87. The van der Waals surface area contributed by atoms with Crippen LogP contribution in [0, 0.1) is 0 Å². The maximum Gasteiger partial charge on any atom is 0.180 e. The molecule has 0 aliphatic carbocycles. The zero-order chi connectivity index (χ0) is 20.9. The first-order chi connectivity index (χ1) is 14.2. The molecule has 0 amide bonds. The molecule has 29 heavy (non-hydrogen) atoms. The first-order valence-electron chi connectivity index (χ1n) is 10.7. The van der Waals surface area contributed by atoms with Crippen LogP contribution in [0.5, 0.6) is 11.5 Å². The van der Waals surface area contributed by atoms with Gasteiger partial charge in [-0.2, -0.15) is 0 Å². The van der Waals surface area contributed by atoms with Crippen LogP contribution in [0.4, 0.5) is 0 Å². The van der Waals surface area contributed by atoms with E-state index < -0.39 is 0 Å². The molecule has 2 aromatic carbocycles. The molecule has 0 saturated carbocycles. The lowest BCUT2D eigenvalue weighted by Gasteiger charge is -2.16. The molecule has 0 fully saturated rings. The van der Waals surface area contributed by atoms with Crippen molar-refractivity contribution in [3.63, 3.8) is 0 Å². The van der Waals surface area contributed by atoms with Crippen LogP contribution in [0.1, 0.15) is 63.5 Å². The fraction of sp³-hybridized carbons (Fsp3) is 0.500. The third-order valence-electron chi connectivity index (χ3n) is 4.74. The van der Waals surface area contributed by atoms with Crippen LogP contribution < -0.4 is 14.8 Å². The second kappa shape index (κ2) is 13.7. The second-order valence-electron chi connectivity index (χ2n) is 7.16. The molecular formula is C24H33Cl2NO2. The minimum Gasteiger partial charge on any atom is -0.490 e. The lowest BCUT2D eigenvalue weighted by molar-refractivity contribution is 0.269. The van der Waals surface area contributed by atoms with Gasteiger partial charge in [0.05, 0.1) is 11.6 Å². The highest BCUT2D eigenvalue weighted by Crippen LogP contribution is 2.37. The molecule has 3 nitrogen and oxygen atoms in total. The van der Waals surface area contributed by atoms with Crippen molar-refractivity contribution in [2.75, 3.05) is 13.2 Å². The summed E-state index contributed by atoms with van der Waals surface area (Å²) in [5.74, 6) is 1.23. The van der Waals surface area contributed by atoms with Crippen molar-refractivity contribution in [2.45, 2.75) is 65.5 Å². The average molecular weight is 438 g/mol. The largest absolute Gasteiger partial charge is 0.490 e. The van der Waals surface area contributed by atoms with Crippen LogP contribution in [0.15, 0.2) is 36.4 Å². The van der Waals surface area contributed by atoms with E-state index in [4.69, 9.17) is 32.7 Å². The Labute approximate surface area is 185 Å². The summed E-state index contributed by atoms with van der Waals surface area (Å²) >= 11 is 12.7. The van der Waals surface area contributed by atoms with Gasteiger partial charge in [-0.1, -0.05) is 80.4 Å². The van der Waals surface area contributed by atoms with Crippen LogP contribution in [0.25, 0.3) is 0 Å². The Morgan fingerprint density at radius 1 is 0.862 bits per heavy atom. The first-order valence-corrected chi connectivity index (χ1v) is 11.4. The van der Waals surface area contributed by atoms with Gasteiger partial charge in [0, 0.05) is 17.1 Å². The van der Waals surface area contributed by atoms with Gasteiger partial charge in [-0.15, -0.1) is 0 Å². The van der Waals surface area contributed by atoms with Gasteiger partial charge in [-0.25, -0.2) is 0 Å². The Hall–Kier alpha value is -1.42. The lowest BCUT2D eigenvalue weighted by Crippen LogP contribution is -2.15. The Morgan fingerprint density at radius 3 is 2.38 bits per heavy atom. The van der Waals surface area contributed by atoms with E-state index in [-0.39, 0.29) is 0 Å². The summed E-state index contributed by atoms with van der Waals surface area (Å²) < 4.78 is 11.8. The number of unbranched alkanes of at least 4 members (excludes halogenated alkanes) is 5. The maximum absolute atomic E-state index is 6.52. The van der Waals surface area contributed by atoms with Gasteiger partial charge >= 0.3 is 0 Å². The van der Waals surface area contributed by atoms with Crippen molar-refractivity contribution in [1.29, 1.82) is 0 Å². The minimum atomic E-state index is 0.342. The van der Waals surface area contributed by atoms with E-state index in [2.05, 4.69) is 12.2 Å². The van der Waals surface area contributed by atoms with E-state index in [1.807, 2.05) is 43.3 Å². The normalized spacial score (nSPS) is 10.9. The van der Waals surface area contributed by atoms with E-state index in [1.165, 1.54) is 38.5 Å². The third-order valence-corrected chi connectivity index (χ3v) is 5.38. The predicted octanol–water partition coefficient (Wildman–Crippen LogP) is 7.42. The quantitative estimate of drug-likeness (QED) is 0.311. The molecule has 0 unspecified atom stereocenters. The summed E-state index contributed by atoms with van der Waals surface area (Å²) in [5, 5.41) is 4.73. The molecule has 0 saturated heterocycles. The Kier molecular flexibility index (Phi) is 11.3. The number of nitrogens with one attached hydrogen (secondary N) is 1. The molecular weight excluding hydrogens is 405 g/mol. The minimum absolute atomic E-state index is 0.342. The van der Waals surface area contributed by atoms with Crippen LogP contribution in [-0.2, 0) is 13.2 Å². The molecule has 2 aromatic rings. The van der Waals surface area contributed by atoms with Crippen molar-refractivity contribution < 1.29 is 9.47 Å². The highest BCUT2D eigenvalue weighted by Gasteiger charge is 2.13. The van der Waals surface area contributed by atoms with Gasteiger partial charge in [0.15, 0.2) is 11.5 Å². The Balaban J connectivity index is 1.90. The summed E-state index contributed by atoms with van der Waals surface area (Å²) in [6.07, 6.45) is 7.80. The van der Waals surface area contributed by atoms with Gasteiger partial charge in [-0.05, 0) is 43.7 Å². The fourth-order valence-corrected chi connectivity index (χ4v) is 3.63. The predicted molar refractivity (Wildman–Crippen MR) is 123 cm³/mol. The molecule has 0 aromatic heterocycles. The fourth-order valence-electron chi connectivity index (χ4n) is 3.15. The topological polar surface area (TPSA) is 30.5 Å². The molecule has 0 heterocycles. The summed E-state index contributed by atoms with van der Waals surface area (Å²) in [5.41, 5.74) is 2.01. The maximum atomic E-state index is 6.52. The van der Waals surface area contributed by atoms with E-state index in [0.29, 0.717) is 34.8 Å². The highest BCUT2D eigenvalue weighted by atomic mass is 35.5. The number of rotatable bonds is 14. The number of ether oxygens (including phenoxy) is 2. The molecule has 5 heteroatoms. The Morgan fingerprint density at radius 2 is 1.62 bits per heavy atom. The highest BCUT2D eigenvalue weighted by molar-refractivity contribution is 6.32. The Bertz CT molecular complexity index is 737. The average Bonchev–Trinajstić information content (AvgIpc) is 2.71. The van der Waals surface area contributed by atoms with Gasteiger partial charge in [0.2, 0.25) is 0 Å². The monoisotopic (exact) mass is 437 g/mol. The van der Waals surface area contributed by atoms with Crippen molar-refractivity contribution in [3.8, 4) is 11.5 Å². The van der Waals surface area contributed by atoms with Crippen molar-refractivity contribution in [1.82, 2.24) is 5.32 Å². The molecule has 0 aliphatic rings. The van der Waals surface area contributed by atoms with Crippen LogP contribution >= 0.6 is 23.2 Å². The second-order valence-corrected chi connectivity index (χ2v) is 7.98. The first kappa shape index (κ1) is 23.9.